The SMILES string of the molecule is CCC[C@@H](C)N1CC[C@@H](CN(C)Cc2scnc2C)C1. The highest BCUT2D eigenvalue weighted by Crippen LogP contribution is 2.22. The Hall–Kier alpha value is -0.450. The van der Waals surface area contributed by atoms with E-state index in [1.807, 2.05) is 5.51 Å². The van der Waals surface area contributed by atoms with Crippen LogP contribution in [0.15, 0.2) is 5.51 Å². The van der Waals surface area contributed by atoms with Crippen LogP contribution in [0.1, 0.15) is 43.7 Å². The van der Waals surface area contributed by atoms with E-state index in [0.29, 0.717) is 0 Å². The lowest BCUT2D eigenvalue weighted by atomic mass is 10.1. The first-order valence-electron chi connectivity index (χ1n) is 7.91. The molecule has 2 atom stereocenters. The average Bonchev–Trinajstić information content (AvgIpc) is 3.00. The molecule has 114 valence electrons. The van der Waals surface area contributed by atoms with Crippen molar-refractivity contribution in [3.63, 3.8) is 0 Å². The molecule has 0 radical (unpaired) electrons. The Morgan fingerprint density at radius 1 is 1.55 bits per heavy atom. The molecular formula is C16H29N3S. The monoisotopic (exact) mass is 295 g/mol. The van der Waals surface area contributed by atoms with Gasteiger partial charge in [0.05, 0.1) is 11.2 Å². The lowest BCUT2D eigenvalue weighted by Crippen LogP contribution is -2.32. The van der Waals surface area contributed by atoms with Crippen LogP contribution in [0.5, 0.6) is 0 Å². The number of hydrogen-bond donors (Lipinski definition) is 0. The molecule has 1 aromatic rings. The first kappa shape index (κ1) is 15.9. The van der Waals surface area contributed by atoms with Gasteiger partial charge in [0.1, 0.15) is 0 Å². The van der Waals surface area contributed by atoms with Crippen molar-refractivity contribution < 1.29 is 0 Å². The standard InChI is InChI=1S/C16H29N3S/c1-5-6-13(2)19-8-7-15(10-19)9-18(4)11-16-14(3)17-12-20-16/h12-13,15H,5-11H2,1-4H3/t13-,15+/m1/s1. The summed E-state index contributed by atoms with van der Waals surface area (Å²) in [6.45, 7) is 11.6. The third-order valence-corrected chi connectivity index (χ3v) is 5.40. The highest BCUT2D eigenvalue weighted by atomic mass is 32.1. The van der Waals surface area contributed by atoms with Crippen molar-refractivity contribution in [3.05, 3.63) is 16.1 Å². The van der Waals surface area contributed by atoms with Crippen molar-refractivity contribution in [2.75, 3.05) is 26.7 Å². The van der Waals surface area contributed by atoms with E-state index < -0.39 is 0 Å². The summed E-state index contributed by atoms with van der Waals surface area (Å²) in [6, 6.07) is 0.763. The highest BCUT2D eigenvalue weighted by molar-refractivity contribution is 7.09. The summed E-state index contributed by atoms with van der Waals surface area (Å²) in [5, 5.41) is 0. The van der Waals surface area contributed by atoms with Gasteiger partial charge in [-0.1, -0.05) is 13.3 Å². The van der Waals surface area contributed by atoms with Gasteiger partial charge >= 0.3 is 0 Å². The fraction of sp³-hybridized carbons (Fsp3) is 0.812. The van der Waals surface area contributed by atoms with Crippen LogP contribution in [-0.2, 0) is 6.54 Å². The molecule has 1 aliphatic heterocycles. The summed E-state index contributed by atoms with van der Waals surface area (Å²) in [7, 11) is 2.25. The number of nitrogens with zero attached hydrogens (tertiary/aromatic N) is 3. The first-order chi connectivity index (χ1) is 9.60. The van der Waals surface area contributed by atoms with Crippen LogP contribution in [0, 0.1) is 12.8 Å². The molecule has 0 amide bonds. The number of hydrogen-bond acceptors (Lipinski definition) is 4. The third kappa shape index (κ3) is 4.27. The Balaban J connectivity index is 1.76. The summed E-state index contributed by atoms with van der Waals surface area (Å²) in [4.78, 5) is 10.9. The van der Waals surface area contributed by atoms with E-state index in [-0.39, 0.29) is 0 Å². The van der Waals surface area contributed by atoms with Crippen molar-refractivity contribution >= 4 is 11.3 Å². The Labute approximate surface area is 128 Å². The molecule has 1 saturated heterocycles. The quantitative estimate of drug-likeness (QED) is 0.768. The van der Waals surface area contributed by atoms with Gasteiger partial charge in [-0.2, -0.15) is 0 Å². The molecule has 20 heavy (non-hydrogen) atoms. The van der Waals surface area contributed by atoms with Gasteiger partial charge in [-0.25, -0.2) is 4.98 Å². The van der Waals surface area contributed by atoms with Gasteiger partial charge < -0.3 is 9.80 Å². The molecule has 1 aliphatic rings. The first-order valence-corrected chi connectivity index (χ1v) is 8.79. The summed E-state index contributed by atoms with van der Waals surface area (Å²) >= 11 is 1.78. The molecular weight excluding hydrogens is 266 g/mol. The molecule has 2 rings (SSSR count). The van der Waals surface area contributed by atoms with Crippen LogP contribution in [0.3, 0.4) is 0 Å². The second-order valence-electron chi connectivity index (χ2n) is 6.35. The Morgan fingerprint density at radius 2 is 2.35 bits per heavy atom. The summed E-state index contributed by atoms with van der Waals surface area (Å²) in [5.41, 5.74) is 3.16. The van der Waals surface area contributed by atoms with Crippen molar-refractivity contribution in [1.29, 1.82) is 0 Å². The second-order valence-corrected chi connectivity index (χ2v) is 7.28. The van der Waals surface area contributed by atoms with Crippen molar-refractivity contribution in [3.8, 4) is 0 Å². The van der Waals surface area contributed by atoms with Gasteiger partial charge in [-0.05, 0) is 46.2 Å². The zero-order valence-corrected chi connectivity index (χ0v) is 14.2. The number of likely N-dealkylation sites (tertiary alicyclic amines) is 1. The maximum atomic E-state index is 4.34. The molecule has 1 fully saturated rings. The number of aromatic nitrogens is 1. The normalized spacial score (nSPS) is 21.8. The van der Waals surface area contributed by atoms with E-state index in [1.54, 1.807) is 11.3 Å². The molecule has 0 unspecified atom stereocenters. The minimum Gasteiger partial charge on any atom is -0.301 e. The Morgan fingerprint density at radius 3 is 3.00 bits per heavy atom. The minimum atomic E-state index is 0.763. The van der Waals surface area contributed by atoms with E-state index in [1.165, 1.54) is 49.5 Å². The van der Waals surface area contributed by atoms with Crippen LogP contribution in [-0.4, -0.2) is 47.5 Å². The van der Waals surface area contributed by atoms with E-state index in [2.05, 4.69) is 42.6 Å². The van der Waals surface area contributed by atoms with Crippen LogP contribution in [0.4, 0.5) is 0 Å². The van der Waals surface area contributed by atoms with Crippen molar-refractivity contribution in [1.82, 2.24) is 14.8 Å². The van der Waals surface area contributed by atoms with Gasteiger partial charge in [-0.3, -0.25) is 0 Å². The summed E-state index contributed by atoms with van der Waals surface area (Å²) < 4.78 is 0. The Bertz CT molecular complexity index is 404. The van der Waals surface area contributed by atoms with Gasteiger partial charge in [0.2, 0.25) is 0 Å². The number of thiazole rings is 1. The van der Waals surface area contributed by atoms with Crippen LogP contribution < -0.4 is 0 Å². The van der Waals surface area contributed by atoms with Gasteiger partial charge in [0, 0.05) is 30.6 Å². The topological polar surface area (TPSA) is 19.4 Å². The second kappa shape index (κ2) is 7.53. The molecule has 2 heterocycles. The lowest BCUT2D eigenvalue weighted by molar-refractivity contribution is 0.218. The predicted molar refractivity (Wildman–Crippen MR) is 87.2 cm³/mol. The largest absolute Gasteiger partial charge is 0.301 e. The van der Waals surface area contributed by atoms with E-state index in [4.69, 9.17) is 0 Å². The molecule has 0 spiro atoms. The lowest BCUT2D eigenvalue weighted by Gasteiger charge is -2.25. The summed E-state index contributed by atoms with van der Waals surface area (Å²) in [5.74, 6) is 0.840. The maximum absolute atomic E-state index is 4.34. The number of aryl methyl sites for hydroxylation is 1. The summed E-state index contributed by atoms with van der Waals surface area (Å²) in [6.07, 6.45) is 4.00. The highest BCUT2D eigenvalue weighted by Gasteiger charge is 2.26. The molecule has 0 aromatic carbocycles. The van der Waals surface area contributed by atoms with Crippen LogP contribution in [0.25, 0.3) is 0 Å². The van der Waals surface area contributed by atoms with E-state index >= 15 is 0 Å². The molecule has 1 aromatic heterocycles. The molecule has 4 heteroatoms. The fourth-order valence-corrected chi connectivity index (χ4v) is 4.10. The molecule has 0 saturated carbocycles. The number of rotatable bonds is 7. The molecule has 0 bridgehead atoms. The van der Waals surface area contributed by atoms with Crippen LogP contribution >= 0.6 is 11.3 Å². The van der Waals surface area contributed by atoms with E-state index in [0.717, 1.165) is 18.5 Å². The third-order valence-electron chi connectivity index (χ3n) is 4.48. The zero-order valence-electron chi connectivity index (χ0n) is 13.4. The smallest absolute Gasteiger partial charge is 0.0798 e. The molecule has 0 N–H and O–H groups in total. The fourth-order valence-electron chi connectivity index (χ4n) is 3.24. The predicted octanol–water partition coefficient (Wildman–Crippen LogP) is 3.39. The average molecular weight is 295 g/mol. The minimum absolute atomic E-state index is 0.763. The van der Waals surface area contributed by atoms with Crippen LogP contribution in [0.2, 0.25) is 0 Å². The van der Waals surface area contributed by atoms with Gasteiger partial charge in [-0.15, -0.1) is 11.3 Å². The van der Waals surface area contributed by atoms with Gasteiger partial charge in [0.25, 0.3) is 0 Å². The van der Waals surface area contributed by atoms with E-state index in [9.17, 15) is 0 Å². The zero-order chi connectivity index (χ0) is 14.5. The Kier molecular flexibility index (Phi) is 6.00. The maximum Gasteiger partial charge on any atom is 0.0798 e. The van der Waals surface area contributed by atoms with Crippen molar-refractivity contribution in [2.24, 2.45) is 5.92 Å². The molecule has 0 aliphatic carbocycles. The molecule has 3 nitrogen and oxygen atoms in total. The van der Waals surface area contributed by atoms with Crippen molar-refractivity contribution in [2.45, 2.75) is 52.6 Å². The van der Waals surface area contributed by atoms with Gasteiger partial charge in [0.15, 0.2) is 0 Å².